The molecule has 0 aliphatic rings. The Bertz CT molecular complexity index is 830. The Hall–Kier alpha value is -1.71. The zero-order chi connectivity index (χ0) is 38.5. The van der Waals surface area contributed by atoms with Gasteiger partial charge in [-0.05, 0) is 12.8 Å². The fraction of sp³-hybridized carbons (Fsp3) is 0.930. The summed E-state index contributed by atoms with van der Waals surface area (Å²) in [5.41, 5.74) is 0. The van der Waals surface area contributed by atoms with Crippen LogP contribution in [0.4, 0.5) is 0 Å². The topological polar surface area (TPSA) is 108 Å². The molecule has 0 aromatic rings. The number of rotatable bonds is 40. The molecule has 0 bridgehead atoms. The van der Waals surface area contributed by atoms with Gasteiger partial charge in [0.25, 0.3) is 6.29 Å². The molecule has 0 amide bonds. The lowest BCUT2D eigenvalue weighted by molar-refractivity contribution is -0.870. The molecule has 0 saturated carbocycles. The second kappa shape index (κ2) is 36.3. The van der Waals surface area contributed by atoms with Crippen molar-refractivity contribution in [1.82, 2.24) is 0 Å². The van der Waals surface area contributed by atoms with Crippen LogP contribution in [0, 0.1) is 0 Å². The summed E-state index contributed by atoms with van der Waals surface area (Å²) < 4.78 is 22.6. The van der Waals surface area contributed by atoms with Crippen molar-refractivity contribution in [1.29, 1.82) is 0 Å². The van der Waals surface area contributed by atoms with E-state index in [0.29, 0.717) is 17.4 Å². The minimum absolute atomic E-state index is 0.175. The molecule has 0 saturated heterocycles. The first-order valence-electron chi connectivity index (χ1n) is 21.7. The van der Waals surface area contributed by atoms with Gasteiger partial charge in [0.1, 0.15) is 13.2 Å². The van der Waals surface area contributed by atoms with Crippen LogP contribution in [0.1, 0.15) is 200 Å². The number of hydrogen-bond acceptors (Lipinski definition) is 7. The molecule has 0 spiro atoms. The second-order valence-corrected chi connectivity index (χ2v) is 16.0. The minimum atomic E-state index is -1.50. The zero-order valence-corrected chi connectivity index (χ0v) is 34.7. The molecule has 0 aromatic heterocycles. The third-order valence-corrected chi connectivity index (χ3v) is 9.61. The van der Waals surface area contributed by atoms with E-state index in [1.165, 1.54) is 135 Å². The Morgan fingerprint density at radius 2 is 0.865 bits per heavy atom. The molecule has 0 heterocycles. The molecule has 9 heteroatoms. The summed E-state index contributed by atoms with van der Waals surface area (Å²) in [6.07, 6.45) is 31.7. The van der Waals surface area contributed by atoms with Crippen LogP contribution in [0.2, 0.25) is 0 Å². The molecule has 0 radical (unpaired) electrons. The maximum absolute atomic E-state index is 12.7. The molecule has 0 aliphatic carbocycles. The maximum atomic E-state index is 12.7. The van der Waals surface area contributed by atoms with Crippen LogP contribution < -0.4 is 0 Å². The van der Waals surface area contributed by atoms with E-state index in [4.69, 9.17) is 18.9 Å². The van der Waals surface area contributed by atoms with Gasteiger partial charge in [0.2, 0.25) is 0 Å². The van der Waals surface area contributed by atoms with Gasteiger partial charge >= 0.3 is 17.9 Å². The van der Waals surface area contributed by atoms with Crippen molar-refractivity contribution < 1.29 is 42.9 Å². The van der Waals surface area contributed by atoms with Crippen molar-refractivity contribution >= 4 is 17.9 Å². The first-order chi connectivity index (χ1) is 25.1. The van der Waals surface area contributed by atoms with Crippen LogP contribution in [0.5, 0.6) is 0 Å². The molecule has 308 valence electrons. The minimum Gasteiger partial charge on any atom is -0.477 e. The van der Waals surface area contributed by atoms with Crippen LogP contribution in [-0.4, -0.2) is 87.4 Å². The van der Waals surface area contributed by atoms with Crippen molar-refractivity contribution in [3.8, 4) is 0 Å². The monoisotopic (exact) mass is 743 g/mol. The number of ether oxygens (including phenoxy) is 4. The number of aliphatic carboxylic acids is 1. The van der Waals surface area contributed by atoms with E-state index in [1.807, 2.05) is 21.1 Å². The van der Waals surface area contributed by atoms with Crippen LogP contribution in [0.15, 0.2) is 0 Å². The number of carboxylic acids is 1. The number of quaternary nitrogens is 1. The number of likely N-dealkylation sites (N-methyl/N-ethyl adjacent to an activating group) is 1. The molecular weight excluding hydrogens is 658 g/mol. The Balaban J connectivity index is 4.31. The number of carbonyl (C=O) groups is 3. The third-order valence-electron chi connectivity index (χ3n) is 9.61. The summed E-state index contributed by atoms with van der Waals surface area (Å²) in [5, 5.41) is 9.59. The molecule has 2 unspecified atom stereocenters. The summed E-state index contributed by atoms with van der Waals surface area (Å²) >= 11 is 0. The van der Waals surface area contributed by atoms with Crippen molar-refractivity contribution in [2.45, 2.75) is 212 Å². The number of hydrogen-bond donors (Lipinski definition) is 1. The normalized spacial score (nSPS) is 12.9. The quantitative estimate of drug-likeness (QED) is 0.0286. The van der Waals surface area contributed by atoms with E-state index >= 15 is 0 Å². The summed E-state index contributed by atoms with van der Waals surface area (Å²) in [6.45, 7) is 4.86. The third kappa shape index (κ3) is 36.6. The van der Waals surface area contributed by atoms with Gasteiger partial charge in [-0.25, -0.2) is 4.79 Å². The lowest BCUT2D eigenvalue weighted by atomic mass is 10.0. The summed E-state index contributed by atoms with van der Waals surface area (Å²) in [4.78, 5) is 36.9. The largest absolute Gasteiger partial charge is 0.477 e. The summed E-state index contributed by atoms with van der Waals surface area (Å²) in [7, 11) is 5.95. The van der Waals surface area contributed by atoms with E-state index < -0.39 is 24.3 Å². The number of carbonyl (C=O) groups excluding carboxylic acids is 2. The first kappa shape index (κ1) is 50.3. The molecular formula is C43H84NO8+. The van der Waals surface area contributed by atoms with E-state index in [0.717, 1.165) is 38.5 Å². The SMILES string of the molecule is CCCCCCCCCCCCCCCCCCCCCC(=O)OC(COC(=O)CCCCCCCCCC)COC(OCC[N+](C)(C)C)C(=O)O. The Morgan fingerprint density at radius 1 is 0.500 bits per heavy atom. The van der Waals surface area contributed by atoms with Crippen LogP contribution in [0.25, 0.3) is 0 Å². The molecule has 0 rings (SSSR count). The van der Waals surface area contributed by atoms with Gasteiger partial charge in [0.05, 0.1) is 34.4 Å². The highest BCUT2D eigenvalue weighted by molar-refractivity contribution is 5.71. The van der Waals surface area contributed by atoms with Gasteiger partial charge in [0, 0.05) is 12.8 Å². The molecule has 0 aliphatic heterocycles. The lowest BCUT2D eigenvalue weighted by Crippen LogP contribution is -2.40. The fourth-order valence-electron chi connectivity index (χ4n) is 6.19. The highest BCUT2D eigenvalue weighted by atomic mass is 16.7. The molecule has 9 nitrogen and oxygen atoms in total. The predicted molar refractivity (Wildman–Crippen MR) is 212 cm³/mol. The number of nitrogens with zero attached hydrogens (tertiary/aromatic N) is 1. The van der Waals surface area contributed by atoms with E-state index in [9.17, 15) is 19.5 Å². The summed E-state index contributed by atoms with van der Waals surface area (Å²) in [5.74, 6) is -2.00. The lowest BCUT2D eigenvalue weighted by Gasteiger charge is -2.25. The van der Waals surface area contributed by atoms with E-state index in [1.54, 1.807) is 0 Å². The molecule has 52 heavy (non-hydrogen) atoms. The smallest absolute Gasteiger partial charge is 0.361 e. The average Bonchev–Trinajstić information content (AvgIpc) is 3.09. The molecule has 0 fully saturated rings. The van der Waals surface area contributed by atoms with Gasteiger partial charge in [-0.1, -0.05) is 174 Å². The van der Waals surface area contributed by atoms with Crippen LogP contribution in [0.3, 0.4) is 0 Å². The van der Waals surface area contributed by atoms with E-state index in [2.05, 4.69) is 13.8 Å². The Kier molecular flexibility index (Phi) is 35.1. The standard InChI is InChI=1S/C43H83NO8/c1-6-8-10-12-14-16-17-18-19-20-21-22-23-24-25-26-28-30-32-34-41(46)52-39(38-51-43(42(47)48)49-36-35-44(3,4)5)37-50-40(45)33-31-29-27-15-13-11-9-7-2/h39,43H,6-38H2,1-5H3/p+1. The van der Waals surface area contributed by atoms with Crippen molar-refractivity contribution in [3.63, 3.8) is 0 Å². The van der Waals surface area contributed by atoms with Crippen molar-refractivity contribution in [2.24, 2.45) is 0 Å². The van der Waals surface area contributed by atoms with Crippen LogP contribution >= 0.6 is 0 Å². The number of esters is 2. The zero-order valence-electron chi connectivity index (χ0n) is 34.7. The summed E-state index contributed by atoms with van der Waals surface area (Å²) in [6, 6.07) is 0. The van der Waals surface area contributed by atoms with Gasteiger partial charge < -0.3 is 28.5 Å². The van der Waals surface area contributed by atoms with Crippen molar-refractivity contribution in [2.75, 3.05) is 47.5 Å². The van der Waals surface area contributed by atoms with Crippen molar-refractivity contribution in [3.05, 3.63) is 0 Å². The van der Waals surface area contributed by atoms with Gasteiger partial charge in [0.15, 0.2) is 6.10 Å². The molecule has 0 aromatic carbocycles. The number of unbranched alkanes of at least 4 members (excludes halogenated alkanes) is 25. The van der Waals surface area contributed by atoms with E-state index in [-0.39, 0.29) is 32.2 Å². The van der Waals surface area contributed by atoms with Gasteiger partial charge in [-0.3, -0.25) is 9.59 Å². The average molecular weight is 743 g/mol. The maximum Gasteiger partial charge on any atom is 0.361 e. The first-order valence-corrected chi connectivity index (χ1v) is 21.7. The Morgan fingerprint density at radius 3 is 1.23 bits per heavy atom. The molecule has 1 N–H and O–H groups in total. The highest BCUT2D eigenvalue weighted by Crippen LogP contribution is 2.16. The number of carboxylic acid groups (broad SMARTS) is 1. The molecule has 2 atom stereocenters. The van der Waals surface area contributed by atoms with Gasteiger partial charge in [-0.2, -0.15) is 0 Å². The second-order valence-electron chi connectivity index (χ2n) is 16.0. The predicted octanol–water partition coefficient (Wildman–Crippen LogP) is 10.9. The van der Waals surface area contributed by atoms with Gasteiger partial charge in [-0.15, -0.1) is 0 Å². The fourth-order valence-corrected chi connectivity index (χ4v) is 6.19. The van der Waals surface area contributed by atoms with Crippen LogP contribution in [-0.2, 0) is 33.3 Å². The highest BCUT2D eigenvalue weighted by Gasteiger charge is 2.25. The Labute approximate surface area is 320 Å².